The Morgan fingerprint density at radius 3 is 2.44 bits per heavy atom. The number of aromatic nitrogens is 2. The van der Waals surface area contributed by atoms with Crippen LogP contribution in [0.4, 0.5) is 0 Å². The lowest BCUT2D eigenvalue weighted by atomic mass is 9.86. The van der Waals surface area contributed by atoms with E-state index in [0.717, 1.165) is 24.6 Å². The first-order valence-corrected chi connectivity index (χ1v) is 6.21. The molecule has 0 bridgehead atoms. The van der Waals surface area contributed by atoms with Gasteiger partial charge in [0.1, 0.15) is 0 Å². The van der Waals surface area contributed by atoms with Gasteiger partial charge < -0.3 is 9.84 Å². The number of nitrogens with zero attached hydrogens (tertiary/aromatic N) is 2. The van der Waals surface area contributed by atoms with E-state index >= 15 is 0 Å². The first-order valence-electron chi connectivity index (χ1n) is 6.21. The van der Waals surface area contributed by atoms with Gasteiger partial charge in [0.25, 0.3) is 0 Å². The van der Waals surface area contributed by atoms with Crippen LogP contribution in [0.5, 0.6) is 0 Å². The molecule has 1 fully saturated rings. The van der Waals surface area contributed by atoms with Gasteiger partial charge in [0.2, 0.25) is 5.89 Å². The summed E-state index contributed by atoms with van der Waals surface area (Å²) in [6.45, 7) is 4.18. The normalized spacial score (nSPS) is 26.2. The van der Waals surface area contributed by atoms with E-state index in [-0.39, 0.29) is 0 Å². The topological polar surface area (TPSA) is 51.0 Å². The zero-order valence-electron chi connectivity index (χ0n) is 10.4. The number of nitrogens with one attached hydrogen (secondary N) is 1. The number of rotatable bonds is 3. The Labute approximate surface area is 96.8 Å². The third-order valence-corrected chi connectivity index (χ3v) is 3.46. The Bertz CT molecular complexity index is 327. The van der Waals surface area contributed by atoms with Crippen molar-refractivity contribution in [1.82, 2.24) is 15.5 Å². The molecule has 16 heavy (non-hydrogen) atoms. The molecule has 0 unspecified atom stereocenters. The minimum Gasteiger partial charge on any atom is -0.339 e. The average Bonchev–Trinajstić information content (AvgIpc) is 2.78. The molecule has 1 aromatic rings. The highest BCUT2D eigenvalue weighted by molar-refractivity contribution is 4.99. The van der Waals surface area contributed by atoms with Gasteiger partial charge in [-0.1, -0.05) is 19.0 Å². The minimum atomic E-state index is 0.353. The number of hydrogen-bond donors (Lipinski definition) is 1. The van der Waals surface area contributed by atoms with Gasteiger partial charge in [-0.25, -0.2) is 0 Å². The predicted molar refractivity (Wildman–Crippen MR) is 62.4 cm³/mol. The molecule has 2 rings (SSSR count). The van der Waals surface area contributed by atoms with E-state index in [1.807, 2.05) is 7.05 Å². The third kappa shape index (κ3) is 2.43. The summed E-state index contributed by atoms with van der Waals surface area (Å²) in [5.41, 5.74) is 0. The molecule has 0 amide bonds. The molecule has 4 heteroatoms. The van der Waals surface area contributed by atoms with Gasteiger partial charge in [-0.05, 0) is 32.7 Å². The lowest BCUT2D eigenvalue weighted by Gasteiger charge is -2.25. The molecular formula is C12H21N3O. The lowest BCUT2D eigenvalue weighted by Crippen LogP contribution is -2.29. The second-order valence-electron chi connectivity index (χ2n) is 4.98. The van der Waals surface area contributed by atoms with Crippen LogP contribution in [0.3, 0.4) is 0 Å². The van der Waals surface area contributed by atoms with Crippen molar-refractivity contribution in [1.29, 1.82) is 0 Å². The smallest absolute Gasteiger partial charge is 0.229 e. The summed E-state index contributed by atoms with van der Waals surface area (Å²) >= 11 is 0. The zero-order valence-corrected chi connectivity index (χ0v) is 10.4. The van der Waals surface area contributed by atoms with Crippen LogP contribution < -0.4 is 5.32 Å². The van der Waals surface area contributed by atoms with Crippen LogP contribution in [0.15, 0.2) is 4.52 Å². The molecule has 1 aliphatic rings. The maximum Gasteiger partial charge on any atom is 0.229 e. The molecule has 4 nitrogen and oxygen atoms in total. The van der Waals surface area contributed by atoms with Gasteiger partial charge in [-0.3, -0.25) is 0 Å². The summed E-state index contributed by atoms with van der Waals surface area (Å²) in [6.07, 6.45) is 4.73. The van der Waals surface area contributed by atoms with E-state index in [4.69, 9.17) is 4.52 Å². The predicted octanol–water partition coefficient (Wildman–Crippen LogP) is 2.44. The van der Waals surface area contributed by atoms with Crippen molar-refractivity contribution < 1.29 is 4.52 Å². The molecule has 0 aromatic carbocycles. The van der Waals surface area contributed by atoms with Crippen LogP contribution in [0.25, 0.3) is 0 Å². The van der Waals surface area contributed by atoms with Crippen LogP contribution in [-0.4, -0.2) is 23.2 Å². The SMILES string of the molecule is CNC1CCC(c2nc(C(C)C)no2)CC1. The van der Waals surface area contributed by atoms with Gasteiger partial charge >= 0.3 is 0 Å². The van der Waals surface area contributed by atoms with Gasteiger partial charge in [0.15, 0.2) is 5.82 Å². The monoisotopic (exact) mass is 223 g/mol. The molecule has 0 saturated heterocycles. The number of hydrogen-bond acceptors (Lipinski definition) is 4. The Kier molecular flexibility index (Phi) is 3.59. The summed E-state index contributed by atoms with van der Waals surface area (Å²) < 4.78 is 5.35. The molecule has 0 atom stereocenters. The second kappa shape index (κ2) is 4.95. The summed E-state index contributed by atoms with van der Waals surface area (Å²) in [7, 11) is 2.04. The van der Waals surface area contributed by atoms with Crippen molar-refractivity contribution in [2.45, 2.75) is 57.4 Å². The van der Waals surface area contributed by atoms with Crippen molar-refractivity contribution in [3.05, 3.63) is 11.7 Å². The van der Waals surface area contributed by atoms with Crippen molar-refractivity contribution in [3.63, 3.8) is 0 Å². The molecular weight excluding hydrogens is 202 g/mol. The first-order chi connectivity index (χ1) is 7.70. The molecule has 1 aromatic heterocycles. The van der Waals surface area contributed by atoms with Crippen molar-refractivity contribution in [2.75, 3.05) is 7.05 Å². The summed E-state index contributed by atoms with van der Waals surface area (Å²) in [5.74, 6) is 2.51. The Morgan fingerprint density at radius 1 is 1.25 bits per heavy atom. The molecule has 0 aliphatic heterocycles. The zero-order chi connectivity index (χ0) is 11.5. The van der Waals surface area contributed by atoms with Gasteiger partial charge in [0, 0.05) is 17.9 Å². The van der Waals surface area contributed by atoms with E-state index in [0.29, 0.717) is 17.9 Å². The fraction of sp³-hybridized carbons (Fsp3) is 0.833. The summed E-state index contributed by atoms with van der Waals surface area (Å²) in [5, 5.41) is 7.36. The molecule has 1 aliphatic carbocycles. The molecule has 90 valence electrons. The van der Waals surface area contributed by atoms with Crippen molar-refractivity contribution in [3.8, 4) is 0 Å². The molecule has 1 heterocycles. The highest BCUT2D eigenvalue weighted by Crippen LogP contribution is 2.32. The minimum absolute atomic E-state index is 0.353. The van der Waals surface area contributed by atoms with E-state index in [9.17, 15) is 0 Å². The van der Waals surface area contributed by atoms with Gasteiger partial charge in [-0.2, -0.15) is 4.98 Å². The van der Waals surface area contributed by atoms with Crippen LogP contribution in [-0.2, 0) is 0 Å². The molecule has 1 N–H and O–H groups in total. The first kappa shape index (κ1) is 11.6. The molecule has 1 saturated carbocycles. The standard InChI is InChI=1S/C12H21N3O/c1-8(2)11-14-12(16-15-11)9-4-6-10(13-3)7-5-9/h8-10,13H,4-7H2,1-3H3. The van der Waals surface area contributed by atoms with Crippen molar-refractivity contribution in [2.24, 2.45) is 0 Å². The summed E-state index contributed by atoms with van der Waals surface area (Å²) in [6, 6.07) is 0.670. The van der Waals surface area contributed by atoms with Gasteiger partial charge in [0.05, 0.1) is 0 Å². The van der Waals surface area contributed by atoms with Gasteiger partial charge in [-0.15, -0.1) is 0 Å². The van der Waals surface area contributed by atoms with Crippen LogP contribution in [0, 0.1) is 0 Å². The van der Waals surface area contributed by atoms with Crippen LogP contribution >= 0.6 is 0 Å². The van der Waals surface area contributed by atoms with Crippen LogP contribution in [0.2, 0.25) is 0 Å². The largest absolute Gasteiger partial charge is 0.339 e. The lowest BCUT2D eigenvalue weighted by molar-refractivity contribution is 0.287. The highest BCUT2D eigenvalue weighted by atomic mass is 16.5. The van der Waals surface area contributed by atoms with E-state index < -0.39 is 0 Å². The van der Waals surface area contributed by atoms with E-state index in [1.54, 1.807) is 0 Å². The second-order valence-corrected chi connectivity index (χ2v) is 4.98. The molecule has 0 spiro atoms. The fourth-order valence-corrected chi connectivity index (χ4v) is 2.28. The Morgan fingerprint density at radius 2 is 1.94 bits per heavy atom. The fourth-order valence-electron chi connectivity index (χ4n) is 2.28. The van der Waals surface area contributed by atoms with E-state index in [2.05, 4.69) is 29.3 Å². The highest BCUT2D eigenvalue weighted by Gasteiger charge is 2.25. The maximum absolute atomic E-state index is 5.35. The van der Waals surface area contributed by atoms with E-state index in [1.165, 1.54) is 12.8 Å². The maximum atomic E-state index is 5.35. The molecule has 0 radical (unpaired) electrons. The summed E-state index contributed by atoms with van der Waals surface area (Å²) in [4.78, 5) is 4.49. The third-order valence-electron chi connectivity index (χ3n) is 3.46. The van der Waals surface area contributed by atoms with Crippen LogP contribution in [0.1, 0.15) is 63.1 Å². The Balaban J connectivity index is 1.97. The Hall–Kier alpha value is -0.900. The average molecular weight is 223 g/mol. The quantitative estimate of drug-likeness (QED) is 0.855. The van der Waals surface area contributed by atoms with Crippen molar-refractivity contribution >= 4 is 0 Å².